The molecule has 0 aromatic carbocycles. The summed E-state index contributed by atoms with van der Waals surface area (Å²) in [5.41, 5.74) is 1.01. The molecule has 0 amide bonds. The number of hydrogen-bond acceptors (Lipinski definition) is 4. The highest BCUT2D eigenvalue weighted by molar-refractivity contribution is 7.15. The van der Waals surface area contributed by atoms with E-state index in [4.69, 9.17) is 0 Å². The van der Waals surface area contributed by atoms with Crippen LogP contribution in [0.5, 0.6) is 0 Å². The molecule has 1 aliphatic rings. The zero-order valence-corrected chi connectivity index (χ0v) is 12.6. The Morgan fingerprint density at radius 2 is 2.05 bits per heavy atom. The van der Waals surface area contributed by atoms with Crippen LogP contribution in [-0.4, -0.2) is 30.8 Å². The maximum Gasteiger partial charge on any atom is 0.406 e. The van der Waals surface area contributed by atoms with Crippen molar-refractivity contribution in [1.29, 1.82) is 0 Å². The summed E-state index contributed by atoms with van der Waals surface area (Å²) in [7, 11) is 0. The minimum absolute atomic E-state index is 0.317. The zero-order chi connectivity index (χ0) is 14.8. The van der Waals surface area contributed by atoms with Gasteiger partial charge in [-0.3, -0.25) is 0 Å². The van der Waals surface area contributed by atoms with Crippen LogP contribution >= 0.6 is 11.3 Å². The molecule has 1 aliphatic carbocycles. The van der Waals surface area contributed by atoms with Gasteiger partial charge in [-0.05, 0) is 26.3 Å². The van der Waals surface area contributed by atoms with Crippen molar-refractivity contribution in [3.05, 3.63) is 10.6 Å². The number of anilines is 1. The normalized spacial score (nSPS) is 15.7. The minimum Gasteiger partial charge on any atom is -0.339 e. The quantitative estimate of drug-likeness (QED) is 0.835. The average molecular weight is 307 g/mol. The summed E-state index contributed by atoms with van der Waals surface area (Å²) >= 11 is 1.39. The molecule has 3 nitrogen and oxygen atoms in total. The molecule has 0 aliphatic heterocycles. The highest BCUT2D eigenvalue weighted by atomic mass is 32.1. The van der Waals surface area contributed by atoms with Gasteiger partial charge in [0.05, 0.1) is 5.69 Å². The molecule has 0 spiro atoms. The first kappa shape index (κ1) is 15.6. The Bertz CT molecular complexity index is 441. The summed E-state index contributed by atoms with van der Waals surface area (Å²) in [5.74, 6) is 0.457. The molecule has 1 aromatic heterocycles. The van der Waals surface area contributed by atoms with E-state index < -0.39 is 12.7 Å². The first-order valence-corrected chi connectivity index (χ1v) is 7.78. The van der Waals surface area contributed by atoms with Crippen LogP contribution in [0.4, 0.5) is 18.3 Å². The second-order valence-corrected chi connectivity index (χ2v) is 6.05. The van der Waals surface area contributed by atoms with E-state index in [2.05, 4.69) is 10.3 Å². The van der Waals surface area contributed by atoms with Crippen LogP contribution < -0.4 is 10.2 Å². The molecule has 1 saturated carbocycles. The van der Waals surface area contributed by atoms with Gasteiger partial charge in [-0.15, -0.1) is 11.3 Å². The summed E-state index contributed by atoms with van der Waals surface area (Å²) < 4.78 is 37.7. The summed E-state index contributed by atoms with van der Waals surface area (Å²) in [4.78, 5) is 6.88. The Kier molecular flexibility index (Phi) is 4.90. The van der Waals surface area contributed by atoms with E-state index in [9.17, 15) is 13.2 Å². The fourth-order valence-electron chi connectivity index (χ4n) is 2.06. The first-order valence-electron chi connectivity index (χ1n) is 6.96. The van der Waals surface area contributed by atoms with E-state index >= 15 is 0 Å². The number of hydrogen-bond donors (Lipinski definition) is 1. The van der Waals surface area contributed by atoms with Crippen molar-refractivity contribution >= 4 is 16.5 Å². The van der Waals surface area contributed by atoms with E-state index in [0.717, 1.165) is 30.0 Å². The van der Waals surface area contributed by atoms with Crippen molar-refractivity contribution in [2.24, 2.45) is 0 Å². The van der Waals surface area contributed by atoms with Crippen molar-refractivity contribution in [3.8, 4) is 0 Å². The van der Waals surface area contributed by atoms with E-state index in [1.807, 2.05) is 6.92 Å². The van der Waals surface area contributed by atoms with Crippen LogP contribution in [0.15, 0.2) is 0 Å². The van der Waals surface area contributed by atoms with Crippen molar-refractivity contribution < 1.29 is 13.2 Å². The number of rotatable bonds is 7. The lowest BCUT2D eigenvalue weighted by atomic mass is 10.2. The van der Waals surface area contributed by atoms with Crippen LogP contribution in [0.25, 0.3) is 0 Å². The Balaban J connectivity index is 2.17. The molecule has 0 bridgehead atoms. The van der Waals surface area contributed by atoms with Crippen molar-refractivity contribution in [1.82, 2.24) is 10.3 Å². The maximum atomic E-state index is 12.6. The molecule has 2 rings (SSSR count). The lowest BCUT2D eigenvalue weighted by Gasteiger charge is -2.21. The molecule has 20 heavy (non-hydrogen) atoms. The third-order valence-corrected chi connectivity index (χ3v) is 4.37. The molecule has 0 atom stereocenters. The molecule has 1 fully saturated rings. The predicted molar refractivity (Wildman–Crippen MR) is 75.4 cm³/mol. The van der Waals surface area contributed by atoms with Crippen LogP contribution in [0.2, 0.25) is 0 Å². The van der Waals surface area contributed by atoms with Gasteiger partial charge in [-0.1, -0.05) is 6.92 Å². The highest BCUT2D eigenvalue weighted by Gasteiger charge is 2.34. The molecule has 1 aromatic rings. The maximum absolute atomic E-state index is 12.6. The molecule has 0 radical (unpaired) electrons. The number of alkyl halides is 3. The van der Waals surface area contributed by atoms with Crippen LogP contribution in [-0.2, 0) is 6.54 Å². The molecule has 7 heteroatoms. The largest absolute Gasteiger partial charge is 0.406 e. The second kappa shape index (κ2) is 6.30. The molecule has 0 saturated heterocycles. The van der Waals surface area contributed by atoms with Crippen molar-refractivity contribution in [3.63, 3.8) is 0 Å². The van der Waals surface area contributed by atoms with E-state index in [1.54, 1.807) is 6.92 Å². The van der Waals surface area contributed by atoms with Crippen LogP contribution in [0, 0.1) is 0 Å². The fourth-order valence-corrected chi connectivity index (χ4v) is 3.24. The van der Waals surface area contributed by atoms with Crippen LogP contribution in [0.1, 0.15) is 43.2 Å². The summed E-state index contributed by atoms with van der Waals surface area (Å²) in [6, 6.07) is 0. The van der Waals surface area contributed by atoms with Gasteiger partial charge in [0.15, 0.2) is 5.13 Å². The third kappa shape index (κ3) is 4.09. The Labute approximate surface area is 121 Å². The third-order valence-electron chi connectivity index (χ3n) is 3.24. The molecule has 1 N–H and O–H groups in total. The molecule has 1 heterocycles. The lowest BCUT2D eigenvalue weighted by molar-refractivity contribution is -0.119. The first-order chi connectivity index (χ1) is 9.44. The predicted octanol–water partition coefficient (Wildman–Crippen LogP) is 3.52. The second-order valence-electron chi connectivity index (χ2n) is 4.99. The average Bonchev–Trinajstić information content (AvgIpc) is 3.13. The monoisotopic (exact) mass is 307 g/mol. The van der Waals surface area contributed by atoms with Gasteiger partial charge in [0.1, 0.15) is 6.54 Å². The van der Waals surface area contributed by atoms with Crippen molar-refractivity contribution in [2.45, 2.75) is 45.3 Å². The molecule has 114 valence electrons. The molecular weight excluding hydrogens is 287 g/mol. The fraction of sp³-hybridized carbons (Fsp3) is 0.769. The van der Waals surface area contributed by atoms with Gasteiger partial charge in [-0.25, -0.2) is 4.98 Å². The highest BCUT2D eigenvalue weighted by Crippen LogP contribution is 2.44. The van der Waals surface area contributed by atoms with Gasteiger partial charge in [0.2, 0.25) is 0 Å². The number of halogens is 3. The number of aromatic nitrogens is 1. The van der Waals surface area contributed by atoms with Gasteiger partial charge < -0.3 is 10.2 Å². The Hall–Kier alpha value is -0.820. The van der Waals surface area contributed by atoms with E-state index in [-0.39, 0.29) is 0 Å². The minimum atomic E-state index is -4.19. The topological polar surface area (TPSA) is 28.2 Å². The zero-order valence-electron chi connectivity index (χ0n) is 11.8. The summed E-state index contributed by atoms with van der Waals surface area (Å²) in [6.07, 6.45) is -1.98. The van der Waals surface area contributed by atoms with Gasteiger partial charge in [0.25, 0.3) is 0 Å². The Morgan fingerprint density at radius 1 is 1.35 bits per heavy atom. The SMILES string of the molecule is CCNCc1sc(N(CC)CC(F)(F)F)nc1C1CC1. The van der Waals surface area contributed by atoms with Crippen molar-refractivity contribution in [2.75, 3.05) is 24.5 Å². The molecular formula is C13H20F3N3S. The summed E-state index contributed by atoms with van der Waals surface area (Å²) in [6.45, 7) is 4.68. The lowest BCUT2D eigenvalue weighted by Crippen LogP contribution is -2.34. The number of thiazole rings is 1. The van der Waals surface area contributed by atoms with E-state index in [1.165, 1.54) is 16.2 Å². The Morgan fingerprint density at radius 3 is 2.55 bits per heavy atom. The van der Waals surface area contributed by atoms with Gasteiger partial charge in [-0.2, -0.15) is 13.2 Å². The van der Waals surface area contributed by atoms with E-state index in [0.29, 0.717) is 24.1 Å². The van der Waals surface area contributed by atoms with Crippen LogP contribution in [0.3, 0.4) is 0 Å². The summed E-state index contributed by atoms with van der Waals surface area (Å²) in [5, 5.41) is 3.74. The molecule has 0 unspecified atom stereocenters. The standard InChI is InChI=1S/C13H20F3N3S/c1-3-17-7-10-11(9-5-6-9)18-12(20-10)19(4-2)8-13(14,15)16/h9,17H,3-8H2,1-2H3. The number of nitrogens with one attached hydrogen (secondary N) is 1. The number of nitrogens with zero attached hydrogens (tertiary/aromatic N) is 2. The van der Waals surface area contributed by atoms with Gasteiger partial charge in [0, 0.05) is 23.9 Å². The van der Waals surface area contributed by atoms with Gasteiger partial charge >= 0.3 is 6.18 Å². The smallest absolute Gasteiger partial charge is 0.339 e.